The Balaban J connectivity index is 2.15. The Kier molecular flexibility index (Phi) is 4.96. The summed E-state index contributed by atoms with van der Waals surface area (Å²) in [6, 6.07) is 1.93. The average Bonchev–Trinajstić information content (AvgIpc) is 2.76. The van der Waals surface area contributed by atoms with E-state index in [2.05, 4.69) is 44.9 Å². The van der Waals surface area contributed by atoms with Gasteiger partial charge in [0.05, 0.1) is 14.8 Å². The second kappa shape index (κ2) is 6.49. The van der Waals surface area contributed by atoms with E-state index in [0.29, 0.717) is 10.8 Å². The Hall–Kier alpha value is -0.660. The van der Waals surface area contributed by atoms with Crippen LogP contribution in [-0.4, -0.2) is 21.3 Å². The zero-order valence-corrected chi connectivity index (χ0v) is 12.9. The van der Waals surface area contributed by atoms with Crippen molar-refractivity contribution in [1.82, 2.24) is 20.1 Å². The van der Waals surface area contributed by atoms with E-state index in [0.717, 1.165) is 28.6 Å². The van der Waals surface area contributed by atoms with Gasteiger partial charge in [-0.15, -0.1) is 0 Å². The predicted molar refractivity (Wildman–Crippen MR) is 81.1 cm³/mol. The molecule has 0 bridgehead atoms. The first-order valence-electron chi connectivity index (χ1n) is 5.76. The molecule has 0 atom stereocenters. The fraction of sp³-hybridized carbons (Fsp3) is 0.333. The summed E-state index contributed by atoms with van der Waals surface area (Å²) in [4.78, 5) is 4.37. The molecule has 0 aromatic carbocycles. The molecule has 0 spiro atoms. The van der Waals surface area contributed by atoms with E-state index in [9.17, 15) is 0 Å². The number of halogens is 2. The number of nitrogens with zero attached hydrogens (tertiary/aromatic N) is 3. The van der Waals surface area contributed by atoms with Crippen molar-refractivity contribution in [2.75, 3.05) is 6.54 Å². The minimum absolute atomic E-state index is 0.616. The van der Waals surface area contributed by atoms with Crippen LogP contribution in [-0.2, 0) is 6.54 Å². The van der Waals surface area contributed by atoms with Gasteiger partial charge >= 0.3 is 0 Å². The molecule has 4 nitrogen and oxygen atoms in total. The first-order chi connectivity index (χ1) is 8.70. The molecule has 0 amide bonds. The lowest BCUT2D eigenvalue weighted by Gasteiger charge is -2.07. The van der Waals surface area contributed by atoms with Gasteiger partial charge in [-0.05, 0) is 47.2 Å². The summed E-state index contributed by atoms with van der Waals surface area (Å²) in [5.41, 5.74) is 1.08. The first-order valence-corrected chi connectivity index (χ1v) is 7.22. The number of aromatic nitrogens is 3. The molecule has 1 N–H and O–H groups in total. The van der Waals surface area contributed by atoms with E-state index >= 15 is 0 Å². The summed E-state index contributed by atoms with van der Waals surface area (Å²) in [5, 5.41) is 8.13. The van der Waals surface area contributed by atoms with E-state index in [-0.39, 0.29) is 0 Å². The highest BCUT2D eigenvalue weighted by atomic mass is 127. The zero-order valence-electron chi connectivity index (χ0n) is 10.0. The van der Waals surface area contributed by atoms with E-state index in [4.69, 9.17) is 11.6 Å². The summed E-state index contributed by atoms with van der Waals surface area (Å²) >= 11 is 8.44. The molecule has 0 unspecified atom stereocenters. The monoisotopic (exact) mass is 376 g/mol. The van der Waals surface area contributed by atoms with Crippen molar-refractivity contribution in [2.45, 2.75) is 19.9 Å². The molecule has 96 valence electrons. The van der Waals surface area contributed by atoms with Gasteiger partial charge in [0.1, 0.15) is 0 Å². The third-order valence-corrected chi connectivity index (χ3v) is 3.24. The van der Waals surface area contributed by atoms with Crippen molar-refractivity contribution >= 4 is 34.2 Å². The number of nitrogens with one attached hydrogen (secondary N) is 1. The van der Waals surface area contributed by atoms with Crippen LogP contribution < -0.4 is 5.32 Å². The molecule has 2 aromatic heterocycles. The van der Waals surface area contributed by atoms with Gasteiger partial charge in [-0.1, -0.05) is 18.5 Å². The Morgan fingerprint density at radius 3 is 2.89 bits per heavy atom. The van der Waals surface area contributed by atoms with Gasteiger partial charge in [0, 0.05) is 18.9 Å². The number of hydrogen-bond acceptors (Lipinski definition) is 3. The normalized spacial score (nSPS) is 10.8. The largest absolute Gasteiger partial charge is 0.313 e. The highest BCUT2D eigenvalue weighted by Crippen LogP contribution is 2.19. The summed E-state index contributed by atoms with van der Waals surface area (Å²) in [5.74, 6) is 0.666. The van der Waals surface area contributed by atoms with Crippen molar-refractivity contribution < 1.29 is 0 Å². The molecule has 0 aliphatic rings. The molecule has 6 heteroatoms. The summed E-state index contributed by atoms with van der Waals surface area (Å²) < 4.78 is 2.74. The number of hydrogen-bond donors (Lipinski definition) is 1. The molecule has 18 heavy (non-hydrogen) atoms. The first kappa shape index (κ1) is 13.8. The Bertz CT molecular complexity index is 527. The maximum absolute atomic E-state index is 6.23. The van der Waals surface area contributed by atoms with Crippen molar-refractivity contribution in [1.29, 1.82) is 0 Å². The predicted octanol–water partition coefficient (Wildman–Crippen LogP) is 3.02. The minimum Gasteiger partial charge on any atom is -0.313 e. The van der Waals surface area contributed by atoms with Gasteiger partial charge < -0.3 is 5.32 Å². The van der Waals surface area contributed by atoms with Crippen molar-refractivity contribution in [3.05, 3.63) is 38.8 Å². The third kappa shape index (κ3) is 3.43. The van der Waals surface area contributed by atoms with Crippen LogP contribution in [0.1, 0.15) is 18.9 Å². The van der Waals surface area contributed by atoms with Crippen LogP contribution in [0.3, 0.4) is 0 Å². The van der Waals surface area contributed by atoms with Gasteiger partial charge in [-0.2, -0.15) is 5.10 Å². The topological polar surface area (TPSA) is 42.7 Å². The summed E-state index contributed by atoms with van der Waals surface area (Å²) in [6.07, 6.45) is 6.61. The lowest BCUT2D eigenvalue weighted by atomic mass is 10.2. The molecule has 0 saturated heterocycles. The van der Waals surface area contributed by atoms with Crippen LogP contribution in [0.25, 0.3) is 5.82 Å². The van der Waals surface area contributed by atoms with Crippen LogP contribution >= 0.6 is 34.2 Å². The standard InChI is InChI=1S/C12H14ClIN4/c1-2-3-15-5-9-4-11(13)12(16-6-9)18-8-10(14)7-17-18/h4,6-8,15H,2-3,5H2,1H3. The Morgan fingerprint density at radius 2 is 2.28 bits per heavy atom. The molecule has 0 radical (unpaired) electrons. The third-order valence-electron chi connectivity index (χ3n) is 2.40. The van der Waals surface area contributed by atoms with Gasteiger partial charge in [0.15, 0.2) is 5.82 Å². The molecule has 0 saturated carbocycles. The van der Waals surface area contributed by atoms with E-state index < -0.39 is 0 Å². The number of pyridine rings is 1. The maximum atomic E-state index is 6.23. The van der Waals surface area contributed by atoms with Crippen LogP contribution in [0.15, 0.2) is 24.7 Å². The lowest BCUT2D eigenvalue weighted by Crippen LogP contribution is -2.14. The van der Waals surface area contributed by atoms with E-state index in [1.54, 1.807) is 10.9 Å². The second-order valence-electron chi connectivity index (χ2n) is 3.93. The lowest BCUT2D eigenvalue weighted by molar-refractivity contribution is 0.673. The Morgan fingerprint density at radius 1 is 1.44 bits per heavy atom. The fourth-order valence-electron chi connectivity index (χ4n) is 1.56. The van der Waals surface area contributed by atoms with E-state index in [1.165, 1.54) is 0 Å². The highest BCUT2D eigenvalue weighted by molar-refractivity contribution is 14.1. The van der Waals surface area contributed by atoms with Crippen molar-refractivity contribution in [2.24, 2.45) is 0 Å². The molecule has 2 rings (SSSR count). The van der Waals surface area contributed by atoms with Crippen LogP contribution in [0.4, 0.5) is 0 Å². The number of rotatable bonds is 5. The molecule has 0 fully saturated rings. The highest BCUT2D eigenvalue weighted by Gasteiger charge is 2.07. The van der Waals surface area contributed by atoms with Gasteiger partial charge in [0.25, 0.3) is 0 Å². The van der Waals surface area contributed by atoms with Crippen LogP contribution in [0.2, 0.25) is 5.02 Å². The summed E-state index contributed by atoms with van der Waals surface area (Å²) in [6.45, 7) is 3.93. The minimum atomic E-state index is 0.616. The van der Waals surface area contributed by atoms with Gasteiger partial charge in [-0.25, -0.2) is 9.67 Å². The smallest absolute Gasteiger partial charge is 0.172 e. The molecular weight excluding hydrogens is 363 g/mol. The van der Waals surface area contributed by atoms with Gasteiger partial charge in [-0.3, -0.25) is 0 Å². The van der Waals surface area contributed by atoms with Crippen LogP contribution in [0, 0.1) is 3.57 Å². The van der Waals surface area contributed by atoms with E-state index in [1.807, 2.05) is 18.5 Å². The molecular formula is C12H14ClIN4. The molecule has 2 heterocycles. The van der Waals surface area contributed by atoms with Crippen molar-refractivity contribution in [3.63, 3.8) is 0 Å². The molecule has 0 aliphatic carbocycles. The fourth-order valence-corrected chi connectivity index (χ4v) is 2.23. The maximum Gasteiger partial charge on any atom is 0.172 e. The zero-order chi connectivity index (χ0) is 13.0. The molecule has 0 aliphatic heterocycles. The Labute approximate surface area is 125 Å². The average molecular weight is 377 g/mol. The van der Waals surface area contributed by atoms with Crippen molar-refractivity contribution in [3.8, 4) is 5.82 Å². The van der Waals surface area contributed by atoms with Crippen LogP contribution in [0.5, 0.6) is 0 Å². The molecule has 2 aromatic rings. The SMILES string of the molecule is CCCNCc1cnc(-n2cc(I)cn2)c(Cl)c1. The second-order valence-corrected chi connectivity index (χ2v) is 5.58. The quantitative estimate of drug-likeness (QED) is 0.644. The summed E-state index contributed by atoms with van der Waals surface area (Å²) in [7, 11) is 0. The van der Waals surface area contributed by atoms with Gasteiger partial charge in [0.2, 0.25) is 0 Å².